The second-order valence-corrected chi connectivity index (χ2v) is 5.98. The van der Waals surface area contributed by atoms with Crippen molar-refractivity contribution in [2.75, 3.05) is 18.1 Å². The molecule has 2 heterocycles. The van der Waals surface area contributed by atoms with E-state index in [-0.39, 0.29) is 12.1 Å². The minimum Gasteiger partial charge on any atom is -0.447 e. The predicted octanol–water partition coefficient (Wildman–Crippen LogP) is 3.35. The average molecular weight is 329 g/mol. The van der Waals surface area contributed by atoms with Crippen molar-refractivity contribution in [1.82, 2.24) is 10.5 Å². The second-order valence-electron chi connectivity index (χ2n) is 5.98. The molecule has 1 fully saturated rings. The molecule has 6 heteroatoms. The van der Waals surface area contributed by atoms with E-state index < -0.39 is 0 Å². The van der Waals surface area contributed by atoms with Crippen LogP contribution in [0.5, 0.6) is 0 Å². The number of aryl methyl sites for hydroxylation is 2. The van der Waals surface area contributed by atoms with Crippen LogP contribution in [0.15, 0.2) is 28.8 Å². The van der Waals surface area contributed by atoms with Gasteiger partial charge in [0.2, 0.25) is 0 Å². The minimum atomic E-state index is -0.277. The Hall–Kier alpha value is -2.34. The van der Waals surface area contributed by atoms with Gasteiger partial charge in [0.1, 0.15) is 12.4 Å². The number of carbonyl (C=O) groups excluding carboxylic acids is 1. The molecule has 0 bridgehead atoms. The van der Waals surface area contributed by atoms with E-state index in [4.69, 9.17) is 9.26 Å². The monoisotopic (exact) mass is 329 g/mol. The van der Waals surface area contributed by atoms with Gasteiger partial charge in [-0.05, 0) is 38.0 Å². The summed E-state index contributed by atoms with van der Waals surface area (Å²) >= 11 is 0. The van der Waals surface area contributed by atoms with E-state index in [1.54, 1.807) is 4.90 Å². The number of nitrogens with zero attached hydrogens (tertiary/aromatic N) is 2. The first kappa shape index (κ1) is 16.5. The molecule has 2 aromatic rings. The number of carbonyl (C=O) groups is 1. The SMILES string of the molecule is CCc1noc(C)c1CN[C@H](C)c1cccc(N2CCOC2=O)c1. The molecule has 1 amide bonds. The van der Waals surface area contributed by atoms with E-state index >= 15 is 0 Å². The van der Waals surface area contributed by atoms with Crippen LogP contribution in [-0.2, 0) is 17.7 Å². The molecular weight excluding hydrogens is 306 g/mol. The normalized spacial score (nSPS) is 15.6. The van der Waals surface area contributed by atoms with Crippen LogP contribution in [0.1, 0.15) is 42.5 Å². The lowest BCUT2D eigenvalue weighted by atomic mass is 10.1. The lowest BCUT2D eigenvalue weighted by Gasteiger charge is -2.18. The van der Waals surface area contributed by atoms with E-state index in [1.807, 2.05) is 25.1 Å². The molecule has 1 saturated heterocycles. The molecule has 1 aliphatic heterocycles. The van der Waals surface area contributed by atoms with Crippen molar-refractivity contribution in [2.45, 2.75) is 39.8 Å². The number of cyclic esters (lactones) is 1. The van der Waals surface area contributed by atoms with Crippen molar-refractivity contribution in [2.24, 2.45) is 0 Å². The first-order valence-electron chi connectivity index (χ1n) is 8.31. The Kier molecular flexibility index (Phi) is 4.85. The fourth-order valence-electron chi connectivity index (χ4n) is 2.90. The van der Waals surface area contributed by atoms with Gasteiger partial charge in [-0.1, -0.05) is 24.2 Å². The van der Waals surface area contributed by atoms with E-state index in [2.05, 4.69) is 30.4 Å². The van der Waals surface area contributed by atoms with Crippen LogP contribution in [-0.4, -0.2) is 24.4 Å². The topological polar surface area (TPSA) is 67.6 Å². The van der Waals surface area contributed by atoms with Gasteiger partial charge in [-0.15, -0.1) is 0 Å². The highest BCUT2D eigenvalue weighted by atomic mass is 16.6. The quantitative estimate of drug-likeness (QED) is 0.880. The molecule has 1 atom stereocenters. The van der Waals surface area contributed by atoms with Gasteiger partial charge < -0.3 is 14.6 Å². The number of rotatable bonds is 6. The van der Waals surface area contributed by atoms with Gasteiger partial charge in [0.15, 0.2) is 0 Å². The van der Waals surface area contributed by atoms with Crippen molar-refractivity contribution in [1.29, 1.82) is 0 Å². The van der Waals surface area contributed by atoms with Crippen molar-refractivity contribution in [3.8, 4) is 0 Å². The molecule has 24 heavy (non-hydrogen) atoms. The number of anilines is 1. The minimum absolute atomic E-state index is 0.141. The summed E-state index contributed by atoms with van der Waals surface area (Å²) in [5.41, 5.74) is 4.13. The fraction of sp³-hybridized carbons (Fsp3) is 0.444. The van der Waals surface area contributed by atoms with Crippen LogP contribution in [0.4, 0.5) is 10.5 Å². The molecule has 1 aromatic heterocycles. The van der Waals surface area contributed by atoms with Crippen molar-refractivity contribution < 1.29 is 14.1 Å². The molecule has 1 aromatic carbocycles. The Labute approximate surface area is 141 Å². The zero-order chi connectivity index (χ0) is 17.1. The summed E-state index contributed by atoms with van der Waals surface area (Å²) in [7, 11) is 0. The summed E-state index contributed by atoms with van der Waals surface area (Å²) in [6.45, 7) is 7.87. The van der Waals surface area contributed by atoms with Crippen molar-refractivity contribution in [3.63, 3.8) is 0 Å². The van der Waals surface area contributed by atoms with E-state index in [1.165, 1.54) is 0 Å². The van der Waals surface area contributed by atoms with Crippen molar-refractivity contribution in [3.05, 3.63) is 46.8 Å². The number of ether oxygens (including phenoxy) is 1. The highest BCUT2D eigenvalue weighted by molar-refractivity contribution is 5.89. The summed E-state index contributed by atoms with van der Waals surface area (Å²) in [4.78, 5) is 13.4. The first-order valence-corrected chi connectivity index (χ1v) is 8.31. The summed E-state index contributed by atoms with van der Waals surface area (Å²) < 4.78 is 10.3. The third kappa shape index (κ3) is 3.28. The third-order valence-electron chi connectivity index (χ3n) is 4.43. The predicted molar refractivity (Wildman–Crippen MR) is 91.0 cm³/mol. The van der Waals surface area contributed by atoms with Crippen molar-refractivity contribution >= 4 is 11.8 Å². The lowest BCUT2D eigenvalue weighted by molar-refractivity contribution is 0.181. The van der Waals surface area contributed by atoms with Gasteiger partial charge in [-0.3, -0.25) is 4.90 Å². The largest absolute Gasteiger partial charge is 0.447 e. The van der Waals surface area contributed by atoms with Gasteiger partial charge in [-0.25, -0.2) is 4.79 Å². The maximum atomic E-state index is 11.7. The van der Waals surface area contributed by atoms with Crippen LogP contribution in [0, 0.1) is 6.92 Å². The summed E-state index contributed by atoms with van der Waals surface area (Å²) in [5, 5.41) is 7.60. The van der Waals surface area contributed by atoms with Crippen LogP contribution >= 0.6 is 0 Å². The fourth-order valence-corrected chi connectivity index (χ4v) is 2.90. The Bertz CT molecular complexity index is 726. The lowest BCUT2D eigenvalue weighted by Crippen LogP contribution is -2.24. The van der Waals surface area contributed by atoms with Crippen LogP contribution in [0.3, 0.4) is 0 Å². The van der Waals surface area contributed by atoms with Crippen LogP contribution in [0.25, 0.3) is 0 Å². The zero-order valence-electron chi connectivity index (χ0n) is 14.3. The zero-order valence-corrected chi connectivity index (χ0v) is 14.3. The van der Waals surface area contributed by atoms with E-state index in [9.17, 15) is 4.79 Å². The molecule has 0 aliphatic carbocycles. The Morgan fingerprint density at radius 2 is 2.25 bits per heavy atom. The highest BCUT2D eigenvalue weighted by Crippen LogP contribution is 2.24. The molecule has 6 nitrogen and oxygen atoms in total. The van der Waals surface area contributed by atoms with E-state index in [0.29, 0.717) is 19.7 Å². The molecule has 1 N–H and O–H groups in total. The number of hydrogen-bond donors (Lipinski definition) is 1. The number of aromatic nitrogens is 1. The molecule has 3 rings (SSSR count). The van der Waals surface area contributed by atoms with Gasteiger partial charge >= 0.3 is 6.09 Å². The molecule has 0 radical (unpaired) electrons. The molecular formula is C18H23N3O3. The average Bonchev–Trinajstić information content (AvgIpc) is 3.18. The maximum absolute atomic E-state index is 11.7. The number of amides is 1. The second kappa shape index (κ2) is 7.05. The van der Waals surface area contributed by atoms with Gasteiger partial charge in [0, 0.05) is 23.8 Å². The molecule has 1 aliphatic rings. The number of nitrogens with one attached hydrogen (secondary N) is 1. The smallest absolute Gasteiger partial charge is 0.414 e. The van der Waals surface area contributed by atoms with Crippen LogP contribution in [0.2, 0.25) is 0 Å². The van der Waals surface area contributed by atoms with E-state index in [0.717, 1.165) is 34.7 Å². The summed E-state index contributed by atoms with van der Waals surface area (Å²) in [6.07, 6.45) is 0.579. The molecule has 128 valence electrons. The summed E-state index contributed by atoms with van der Waals surface area (Å²) in [6, 6.07) is 8.14. The molecule has 0 spiro atoms. The molecule has 0 unspecified atom stereocenters. The standard InChI is InChI=1S/C18H23N3O3/c1-4-17-16(13(3)24-20-17)11-19-12(2)14-6-5-7-15(10-14)21-8-9-23-18(21)22/h5-7,10,12,19H,4,8-9,11H2,1-3H3/t12-/m1/s1. The maximum Gasteiger partial charge on any atom is 0.414 e. The third-order valence-corrected chi connectivity index (χ3v) is 4.43. The molecule has 0 saturated carbocycles. The van der Waals surface area contributed by atoms with Gasteiger partial charge in [-0.2, -0.15) is 0 Å². The highest BCUT2D eigenvalue weighted by Gasteiger charge is 2.24. The number of hydrogen-bond acceptors (Lipinski definition) is 5. The van der Waals surface area contributed by atoms with Gasteiger partial charge in [0.05, 0.1) is 12.2 Å². The van der Waals surface area contributed by atoms with Gasteiger partial charge in [0.25, 0.3) is 0 Å². The van der Waals surface area contributed by atoms with Crippen LogP contribution < -0.4 is 10.2 Å². The summed E-state index contributed by atoms with van der Waals surface area (Å²) in [5.74, 6) is 0.861. The Balaban J connectivity index is 1.70. The Morgan fingerprint density at radius 1 is 1.42 bits per heavy atom. The number of benzene rings is 1. The Morgan fingerprint density at radius 3 is 2.96 bits per heavy atom. The first-order chi connectivity index (χ1) is 11.6.